The minimum absolute atomic E-state index is 0.306. The van der Waals surface area contributed by atoms with Gasteiger partial charge >= 0.3 is 6.09 Å². The number of hydrazine groups is 1. The monoisotopic (exact) mass is 261 g/mol. The molecule has 0 radical (unpaired) electrons. The summed E-state index contributed by atoms with van der Waals surface area (Å²) in [5.41, 5.74) is 7.03. The van der Waals surface area contributed by atoms with Gasteiger partial charge in [0.15, 0.2) is 0 Å². The quantitative estimate of drug-likeness (QED) is 0.161. The molecular weight excluding hydrogens is 246 g/mol. The van der Waals surface area contributed by atoms with Crippen molar-refractivity contribution < 1.29 is 9.53 Å². The SMILES string of the molecule is C=C(/C=C\C=C/N)SSCCOC(=O)NN. The summed E-state index contributed by atoms with van der Waals surface area (Å²) in [4.78, 5) is 11.5. The summed E-state index contributed by atoms with van der Waals surface area (Å²) >= 11 is 0. The molecule has 0 unspecified atom stereocenters. The van der Waals surface area contributed by atoms with Crippen molar-refractivity contribution in [1.82, 2.24) is 5.43 Å². The van der Waals surface area contributed by atoms with E-state index in [1.165, 1.54) is 27.8 Å². The molecule has 0 fully saturated rings. The molecule has 1 amide bonds. The highest BCUT2D eigenvalue weighted by Crippen LogP contribution is 2.29. The minimum Gasteiger partial charge on any atom is -0.448 e. The summed E-state index contributed by atoms with van der Waals surface area (Å²) in [5.74, 6) is 5.49. The average Bonchev–Trinajstić information content (AvgIpc) is 2.28. The molecule has 0 rings (SSSR count). The van der Waals surface area contributed by atoms with E-state index in [9.17, 15) is 4.79 Å². The minimum atomic E-state index is -0.627. The number of nitrogens with one attached hydrogen (secondary N) is 1. The van der Waals surface area contributed by atoms with Crippen molar-refractivity contribution in [3.63, 3.8) is 0 Å². The number of carbonyl (C=O) groups excluding carboxylic acids is 1. The van der Waals surface area contributed by atoms with Crippen LogP contribution in [0.4, 0.5) is 4.79 Å². The molecule has 5 N–H and O–H groups in total. The fourth-order valence-electron chi connectivity index (χ4n) is 0.582. The van der Waals surface area contributed by atoms with E-state index in [1.54, 1.807) is 12.2 Å². The van der Waals surface area contributed by atoms with Crippen LogP contribution in [0.3, 0.4) is 0 Å². The van der Waals surface area contributed by atoms with Crippen LogP contribution in [0.15, 0.2) is 35.9 Å². The topological polar surface area (TPSA) is 90.4 Å². The first-order valence-electron chi connectivity index (χ1n) is 4.37. The Hall–Kier alpha value is -1.05. The van der Waals surface area contributed by atoms with Gasteiger partial charge in [0.1, 0.15) is 6.61 Å². The van der Waals surface area contributed by atoms with E-state index in [2.05, 4.69) is 11.3 Å². The number of carbonyl (C=O) groups is 1. The molecule has 0 atom stereocenters. The maximum absolute atomic E-state index is 10.6. The summed E-state index contributed by atoms with van der Waals surface area (Å²) in [6, 6.07) is 0. The molecule has 0 heterocycles. The third kappa shape index (κ3) is 9.50. The van der Waals surface area contributed by atoms with Crippen molar-refractivity contribution in [2.45, 2.75) is 0 Å². The van der Waals surface area contributed by atoms with Crippen LogP contribution < -0.4 is 17.0 Å². The fraction of sp³-hybridized carbons (Fsp3) is 0.222. The van der Waals surface area contributed by atoms with Crippen molar-refractivity contribution in [2.75, 3.05) is 12.4 Å². The molecular formula is C9H15N3O2S2. The second-order valence-corrected chi connectivity index (χ2v) is 4.94. The highest BCUT2D eigenvalue weighted by atomic mass is 33.1. The first kappa shape index (κ1) is 14.9. The van der Waals surface area contributed by atoms with E-state index in [0.29, 0.717) is 12.4 Å². The second-order valence-electron chi connectivity index (χ2n) is 2.40. The number of rotatable bonds is 7. The van der Waals surface area contributed by atoms with Gasteiger partial charge in [-0.2, -0.15) is 0 Å². The Morgan fingerprint density at radius 2 is 2.25 bits per heavy atom. The Morgan fingerprint density at radius 1 is 1.50 bits per heavy atom. The first-order chi connectivity index (χ1) is 7.70. The van der Waals surface area contributed by atoms with Crippen molar-refractivity contribution in [2.24, 2.45) is 11.6 Å². The molecule has 0 saturated heterocycles. The van der Waals surface area contributed by atoms with Crippen LogP contribution in [0, 0.1) is 0 Å². The van der Waals surface area contributed by atoms with Crippen LogP contribution in [0.5, 0.6) is 0 Å². The molecule has 0 aliphatic heterocycles. The molecule has 0 saturated carbocycles. The van der Waals surface area contributed by atoms with Crippen LogP contribution in [-0.4, -0.2) is 18.5 Å². The zero-order chi connectivity index (χ0) is 12.2. The van der Waals surface area contributed by atoms with Gasteiger partial charge in [-0.3, -0.25) is 5.43 Å². The third-order valence-corrected chi connectivity index (χ3v) is 3.49. The van der Waals surface area contributed by atoms with Gasteiger partial charge < -0.3 is 10.5 Å². The van der Waals surface area contributed by atoms with Crippen molar-refractivity contribution in [3.05, 3.63) is 35.9 Å². The van der Waals surface area contributed by atoms with Crippen molar-refractivity contribution in [1.29, 1.82) is 0 Å². The largest absolute Gasteiger partial charge is 0.448 e. The molecule has 0 aromatic heterocycles. The Labute approximate surface area is 103 Å². The lowest BCUT2D eigenvalue weighted by Gasteiger charge is -2.02. The zero-order valence-corrected chi connectivity index (χ0v) is 10.4. The molecule has 0 aliphatic carbocycles. The van der Waals surface area contributed by atoms with Gasteiger partial charge in [-0.15, -0.1) is 0 Å². The van der Waals surface area contributed by atoms with Gasteiger partial charge in [-0.25, -0.2) is 10.6 Å². The van der Waals surface area contributed by atoms with Gasteiger partial charge in [0.25, 0.3) is 0 Å². The molecule has 90 valence electrons. The van der Waals surface area contributed by atoms with Crippen molar-refractivity contribution in [3.8, 4) is 0 Å². The highest BCUT2D eigenvalue weighted by Gasteiger charge is 1.97. The normalized spacial score (nSPS) is 10.8. The summed E-state index contributed by atoms with van der Waals surface area (Å²) in [5, 5.41) is 0. The summed E-state index contributed by atoms with van der Waals surface area (Å²) in [6.45, 7) is 4.12. The smallest absolute Gasteiger partial charge is 0.421 e. The molecule has 0 aromatic carbocycles. The lowest BCUT2D eigenvalue weighted by Crippen LogP contribution is -2.31. The van der Waals surface area contributed by atoms with E-state index in [4.69, 9.17) is 11.6 Å². The summed E-state index contributed by atoms with van der Waals surface area (Å²) < 4.78 is 4.69. The number of allylic oxidation sites excluding steroid dienone is 3. The molecule has 5 nitrogen and oxygen atoms in total. The van der Waals surface area contributed by atoms with Crippen LogP contribution in [0.1, 0.15) is 0 Å². The van der Waals surface area contributed by atoms with E-state index in [-0.39, 0.29) is 0 Å². The van der Waals surface area contributed by atoms with Gasteiger partial charge in [-0.1, -0.05) is 34.2 Å². The number of hydrogen-bond donors (Lipinski definition) is 3. The predicted molar refractivity (Wildman–Crippen MR) is 70.3 cm³/mol. The molecule has 7 heteroatoms. The van der Waals surface area contributed by atoms with E-state index in [0.717, 1.165) is 4.91 Å². The van der Waals surface area contributed by atoms with Gasteiger partial charge in [-0.05, 0) is 18.4 Å². The lowest BCUT2D eigenvalue weighted by atomic mass is 10.5. The van der Waals surface area contributed by atoms with Gasteiger partial charge in [0, 0.05) is 10.7 Å². The average molecular weight is 261 g/mol. The molecule has 0 spiro atoms. The van der Waals surface area contributed by atoms with Crippen LogP contribution in [0.25, 0.3) is 0 Å². The number of nitrogens with two attached hydrogens (primary N) is 2. The van der Waals surface area contributed by atoms with E-state index in [1.807, 2.05) is 11.5 Å². The highest BCUT2D eigenvalue weighted by molar-refractivity contribution is 8.78. The van der Waals surface area contributed by atoms with Crippen LogP contribution in [-0.2, 0) is 4.74 Å². The van der Waals surface area contributed by atoms with E-state index >= 15 is 0 Å². The Kier molecular flexibility index (Phi) is 9.78. The number of hydrogen-bond acceptors (Lipinski definition) is 6. The molecule has 0 aliphatic rings. The summed E-state index contributed by atoms with van der Waals surface area (Å²) in [6.07, 6.45) is 6.17. The van der Waals surface area contributed by atoms with Gasteiger partial charge in [0.05, 0.1) is 0 Å². The van der Waals surface area contributed by atoms with Crippen molar-refractivity contribution >= 4 is 27.7 Å². The number of amides is 1. The zero-order valence-electron chi connectivity index (χ0n) is 8.72. The maximum Gasteiger partial charge on any atom is 0.421 e. The Morgan fingerprint density at radius 3 is 2.88 bits per heavy atom. The fourth-order valence-corrected chi connectivity index (χ4v) is 2.18. The van der Waals surface area contributed by atoms with Gasteiger partial charge in [0.2, 0.25) is 0 Å². The molecule has 0 bridgehead atoms. The summed E-state index contributed by atoms with van der Waals surface area (Å²) in [7, 11) is 3.04. The van der Waals surface area contributed by atoms with Crippen LogP contribution >= 0.6 is 21.6 Å². The third-order valence-electron chi connectivity index (χ3n) is 1.19. The second kappa shape index (κ2) is 10.5. The standard InChI is InChI=1S/C9H15N3O2S2/c1-8(4-2-3-5-10)16-15-7-6-14-9(13)12-11/h2-5H,1,6-7,10-11H2,(H,12,13)/b4-2-,5-3-. The Balaban J connectivity index is 3.44. The maximum atomic E-state index is 10.6. The van der Waals surface area contributed by atoms with Crippen LogP contribution in [0.2, 0.25) is 0 Å². The first-order valence-corrected chi connectivity index (χ1v) is 6.69. The Bertz CT molecular complexity index is 280. The predicted octanol–water partition coefficient (Wildman–Crippen LogP) is 1.51. The lowest BCUT2D eigenvalue weighted by molar-refractivity contribution is 0.153. The molecule has 16 heavy (non-hydrogen) atoms. The van der Waals surface area contributed by atoms with E-state index < -0.39 is 6.09 Å². The molecule has 0 aromatic rings. The number of ether oxygens (including phenoxy) is 1.